The van der Waals surface area contributed by atoms with E-state index in [0.29, 0.717) is 18.5 Å². The number of ether oxygens (including phenoxy) is 1. The average molecular weight is 398 g/mol. The second-order valence-electron chi connectivity index (χ2n) is 8.70. The first-order valence-corrected chi connectivity index (χ1v) is 9.85. The Morgan fingerprint density at radius 1 is 1.11 bits per heavy atom. The standard InChI is InChI=1S/C21H33F2N3O2/c1-21(2,3)9-10-25-11-13-26(14-12-25)16-19(27)24(4)15-17-5-7-18(8-6-17)28-20(22)23/h5-8,20H,9-16H2,1-4H3. The van der Waals surface area contributed by atoms with Crippen LogP contribution in [0.15, 0.2) is 24.3 Å². The molecule has 0 N–H and O–H groups in total. The maximum absolute atomic E-state index is 12.5. The minimum atomic E-state index is -2.83. The van der Waals surface area contributed by atoms with Gasteiger partial charge >= 0.3 is 6.61 Å². The van der Waals surface area contributed by atoms with E-state index in [-0.39, 0.29) is 11.7 Å². The van der Waals surface area contributed by atoms with E-state index in [1.165, 1.54) is 18.6 Å². The molecule has 1 saturated heterocycles. The summed E-state index contributed by atoms with van der Waals surface area (Å²) in [6.45, 7) is 9.73. The summed E-state index contributed by atoms with van der Waals surface area (Å²) in [6, 6.07) is 6.40. The fraction of sp³-hybridized carbons (Fsp3) is 0.667. The third-order valence-corrected chi connectivity index (χ3v) is 5.00. The van der Waals surface area contributed by atoms with Crippen LogP contribution < -0.4 is 4.74 Å². The highest BCUT2D eigenvalue weighted by molar-refractivity contribution is 5.78. The average Bonchev–Trinajstić information content (AvgIpc) is 2.61. The van der Waals surface area contributed by atoms with Crippen LogP contribution in [0.4, 0.5) is 8.78 Å². The SMILES string of the molecule is CN(Cc1ccc(OC(F)F)cc1)C(=O)CN1CCN(CCC(C)(C)C)CC1. The Morgan fingerprint density at radius 3 is 2.21 bits per heavy atom. The molecule has 1 heterocycles. The topological polar surface area (TPSA) is 36.0 Å². The fourth-order valence-electron chi connectivity index (χ4n) is 3.11. The molecule has 1 aliphatic heterocycles. The van der Waals surface area contributed by atoms with Gasteiger partial charge in [-0.2, -0.15) is 8.78 Å². The van der Waals surface area contributed by atoms with E-state index in [9.17, 15) is 13.6 Å². The molecule has 0 aliphatic carbocycles. The second-order valence-corrected chi connectivity index (χ2v) is 8.70. The number of carbonyl (C=O) groups excluding carboxylic acids is 1. The van der Waals surface area contributed by atoms with Gasteiger partial charge in [-0.25, -0.2) is 0 Å². The molecule has 28 heavy (non-hydrogen) atoms. The third-order valence-electron chi connectivity index (χ3n) is 5.00. The molecule has 1 aliphatic rings. The van der Waals surface area contributed by atoms with Crippen molar-refractivity contribution in [1.82, 2.24) is 14.7 Å². The first-order chi connectivity index (χ1) is 13.1. The Morgan fingerprint density at radius 2 is 1.68 bits per heavy atom. The van der Waals surface area contributed by atoms with Gasteiger partial charge in [-0.05, 0) is 36.1 Å². The predicted octanol–water partition coefficient (Wildman–Crippen LogP) is 3.30. The Kier molecular flexibility index (Phi) is 8.19. The molecular weight excluding hydrogens is 364 g/mol. The zero-order chi connectivity index (χ0) is 20.7. The van der Waals surface area contributed by atoms with Gasteiger partial charge in [-0.3, -0.25) is 9.69 Å². The molecule has 0 radical (unpaired) electrons. The van der Waals surface area contributed by atoms with Crippen molar-refractivity contribution >= 4 is 5.91 Å². The van der Waals surface area contributed by atoms with Crippen LogP contribution in [0.3, 0.4) is 0 Å². The maximum atomic E-state index is 12.5. The van der Waals surface area contributed by atoms with E-state index in [1.54, 1.807) is 24.1 Å². The number of piperazine rings is 1. The monoisotopic (exact) mass is 397 g/mol. The number of carbonyl (C=O) groups is 1. The molecule has 1 aromatic carbocycles. The quantitative estimate of drug-likeness (QED) is 0.674. The van der Waals surface area contributed by atoms with Gasteiger partial charge in [0.25, 0.3) is 0 Å². The molecule has 0 bridgehead atoms. The van der Waals surface area contributed by atoms with Crippen LogP contribution in [0.1, 0.15) is 32.8 Å². The third kappa shape index (κ3) is 8.10. The van der Waals surface area contributed by atoms with Crippen molar-refractivity contribution in [3.05, 3.63) is 29.8 Å². The van der Waals surface area contributed by atoms with Crippen molar-refractivity contribution in [2.24, 2.45) is 5.41 Å². The van der Waals surface area contributed by atoms with Crippen LogP contribution in [0, 0.1) is 5.41 Å². The molecule has 0 spiro atoms. The van der Waals surface area contributed by atoms with E-state index in [0.717, 1.165) is 38.3 Å². The summed E-state index contributed by atoms with van der Waals surface area (Å²) in [5, 5.41) is 0. The highest BCUT2D eigenvalue weighted by Gasteiger charge is 2.21. The normalized spacial score (nSPS) is 16.4. The van der Waals surface area contributed by atoms with Gasteiger partial charge in [0.2, 0.25) is 5.91 Å². The Hall–Kier alpha value is -1.73. The smallest absolute Gasteiger partial charge is 0.387 e. The van der Waals surface area contributed by atoms with Crippen LogP contribution in [0.25, 0.3) is 0 Å². The van der Waals surface area contributed by atoms with Crippen molar-refractivity contribution in [2.45, 2.75) is 40.3 Å². The van der Waals surface area contributed by atoms with Gasteiger partial charge in [0.1, 0.15) is 5.75 Å². The largest absolute Gasteiger partial charge is 0.435 e. The number of nitrogens with zero attached hydrogens (tertiary/aromatic N) is 3. The van der Waals surface area contributed by atoms with Gasteiger partial charge in [-0.15, -0.1) is 0 Å². The maximum Gasteiger partial charge on any atom is 0.387 e. The molecule has 0 aromatic heterocycles. The Labute approximate surface area is 167 Å². The van der Waals surface area contributed by atoms with Gasteiger partial charge in [-0.1, -0.05) is 32.9 Å². The van der Waals surface area contributed by atoms with Crippen molar-refractivity contribution < 1.29 is 18.3 Å². The summed E-state index contributed by atoms with van der Waals surface area (Å²) in [6.07, 6.45) is 1.18. The molecule has 1 aromatic rings. The lowest BCUT2D eigenvalue weighted by Gasteiger charge is -2.36. The second kappa shape index (κ2) is 10.2. The summed E-state index contributed by atoms with van der Waals surface area (Å²) in [7, 11) is 1.77. The fourth-order valence-corrected chi connectivity index (χ4v) is 3.11. The summed E-state index contributed by atoms with van der Waals surface area (Å²) >= 11 is 0. The van der Waals surface area contributed by atoms with Crippen molar-refractivity contribution in [3.63, 3.8) is 0 Å². The Bertz CT molecular complexity index is 609. The zero-order valence-corrected chi connectivity index (χ0v) is 17.5. The molecule has 1 fully saturated rings. The molecule has 0 unspecified atom stereocenters. The van der Waals surface area contributed by atoms with Crippen LogP contribution in [0.5, 0.6) is 5.75 Å². The van der Waals surface area contributed by atoms with E-state index in [2.05, 4.69) is 35.3 Å². The molecule has 5 nitrogen and oxygen atoms in total. The number of benzene rings is 1. The number of likely N-dealkylation sites (N-methyl/N-ethyl adjacent to an activating group) is 1. The van der Waals surface area contributed by atoms with Gasteiger partial charge in [0.15, 0.2) is 0 Å². The van der Waals surface area contributed by atoms with Crippen LogP contribution in [0.2, 0.25) is 0 Å². The van der Waals surface area contributed by atoms with E-state index >= 15 is 0 Å². The number of halogens is 2. The van der Waals surface area contributed by atoms with Crippen LogP contribution >= 0.6 is 0 Å². The van der Waals surface area contributed by atoms with Crippen molar-refractivity contribution in [2.75, 3.05) is 46.3 Å². The summed E-state index contributed by atoms with van der Waals surface area (Å²) < 4.78 is 28.7. The molecule has 158 valence electrons. The number of hydrogen-bond donors (Lipinski definition) is 0. The number of hydrogen-bond acceptors (Lipinski definition) is 4. The minimum absolute atomic E-state index is 0.0658. The molecule has 0 saturated carbocycles. The highest BCUT2D eigenvalue weighted by Crippen LogP contribution is 2.19. The summed E-state index contributed by atoms with van der Waals surface area (Å²) in [4.78, 5) is 18.9. The van der Waals surface area contributed by atoms with Crippen LogP contribution in [-0.2, 0) is 11.3 Å². The van der Waals surface area contributed by atoms with E-state index < -0.39 is 6.61 Å². The van der Waals surface area contributed by atoms with Crippen molar-refractivity contribution in [1.29, 1.82) is 0 Å². The zero-order valence-electron chi connectivity index (χ0n) is 17.5. The summed E-state index contributed by atoms with van der Waals surface area (Å²) in [5.74, 6) is 0.188. The lowest BCUT2D eigenvalue weighted by Crippen LogP contribution is -2.50. The van der Waals surface area contributed by atoms with E-state index in [1.807, 2.05) is 0 Å². The van der Waals surface area contributed by atoms with Gasteiger partial charge in [0, 0.05) is 39.8 Å². The first kappa shape index (κ1) is 22.6. The molecular formula is C21H33F2N3O2. The lowest BCUT2D eigenvalue weighted by atomic mass is 9.92. The number of alkyl halides is 2. The number of amides is 1. The lowest BCUT2D eigenvalue weighted by molar-refractivity contribution is -0.132. The number of rotatable bonds is 8. The Balaban J connectivity index is 1.72. The molecule has 1 amide bonds. The minimum Gasteiger partial charge on any atom is -0.435 e. The van der Waals surface area contributed by atoms with Gasteiger partial charge < -0.3 is 14.5 Å². The molecule has 2 rings (SSSR count). The van der Waals surface area contributed by atoms with Crippen molar-refractivity contribution in [3.8, 4) is 5.75 Å². The highest BCUT2D eigenvalue weighted by atomic mass is 19.3. The molecule has 0 atom stereocenters. The molecule has 7 heteroatoms. The van der Waals surface area contributed by atoms with Crippen LogP contribution in [-0.4, -0.2) is 73.5 Å². The van der Waals surface area contributed by atoms with Gasteiger partial charge in [0.05, 0.1) is 6.54 Å². The van der Waals surface area contributed by atoms with E-state index in [4.69, 9.17) is 0 Å². The summed E-state index contributed by atoms with van der Waals surface area (Å²) in [5.41, 5.74) is 1.23. The predicted molar refractivity (Wildman–Crippen MR) is 107 cm³/mol. The first-order valence-electron chi connectivity index (χ1n) is 9.85.